The highest BCUT2D eigenvalue weighted by molar-refractivity contribution is 5.98. The molecule has 0 saturated heterocycles. The third kappa shape index (κ3) is 2.19. The van der Waals surface area contributed by atoms with Crippen molar-refractivity contribution < 1.29 is 9.90 Å². The maximum atomic E-state index is 12.4. The number of aliphatic hydroxyl groups is 1. The molecule has 1 amide bonds. The van der Waals surface area contributed by atoms with Crippen molar-refractivity contribution in [1.29, 1.82) is 0 Å². The van der Waals surface area contributed by atoms with Gasteiger partial charge in [-0.1, -0.05) is 31.2 Å². The number of benzene rings is 1. The monoisotopic (exact) mass is 259 g/mol. The van der Waals surface area contributed by atoms with Gasteiger partial charge in [0.15, 0.2) is 0 Å². The summed E-state index contributed by atoms with van der Waals surface area (Å²) in [5, 5.41) is 10.6. The predicted molar refractivity (Wildman–Crippen MR) is 75.8 cm³/mol. The van der Waals surface area contributed by atoms with E-state index in [-0.39, 0.29) is 17.9 Å². The zero-order valence-electron chi connectivity index (χ0n) is 11.8. The lowest BCUT2D eigenvalue weighted by atomic mass is 9.84. The molecule has 102 valence electrons. The van der Waals surface area contributed by atoms with Gasteiger partial charge in [0.25, 0.3) is 5.91 Å². The quantitative estimate of drug-likeness (QED) is 0.844. The Morgan fingerprint density at radius 2 is 2.05 bits per heavy atom. The molecule has 1 heterocycles. The molecule has 2 rings (SSSR count). The van der Waals surface area contributed by atoms with Crippen molar-refractivity contribution in [3.8, 4) is 0 Å². The van der Waals surface area contributed by atoms with Crippen LogP contribution in [0.4, 0.5) is 0 Å². The minimum Gasteiger partial charge on any atom is -0.387 e. The summed E-state index contributed by atoms with van der Waals surface area (Å²) in [6.45, 7) is 9.87. The van der Waals surface area contributed by atoms with E-state index < -0.39 is 5.60 Å². The SMILES string of the molecule is C=C[C@@H](C)[C@](C)(O)[C@@H](C)N1Cc2ccccc2C1=O. The Hall–Kier alpha value is -1.61. The second-order valence-electron chi connectivity index (χ2n) is 5.52. The standard InChI is InChI=1S/C16H21NO2/c1-5-11(2)16(4,19)12(3)17-10-13-8-6-7-9-14(13)15(17)18/h5-9,11-12,19H,1,10H2,2-4H3/t11-,12-,16+/m1/s1. The van der Waals surface area contributed by atoms with E-state index in [9.17, 15) is 9.90 Å². The van der Waals surface area contributed by atoms with Crippen LogP contribution in [0, 0.1) is 5.92 Å². The summed E-state index contributed by atoms with van der Waals surface area (Å²) in [5.41, 5.74) is 0.789. The smallest absolute Gasteiger partial charge is 0.254 e. The molecular formula is C16H21NO2. The molecule has 0 unspecified atom stereocenters. The zero-order valence-corrected chi connectivity index (χ0v) is 11.8. The normalized spacial score (nSPS) is 20.6. The highest BCUT2D eigenvalue weighted by atomic mass is 16.3. The van der Waals surface area contributed by atoms with Gasteiger partial charge in [-0.05, 0) is 25.5 Å². The summed E-state index contributed by atoms with van der Waals surface area (Å²) >= 11 is 0. The summed E-state index contributed by atoms with van der Waals surface area (Å²) in [5.74, 6) is -0.0846. The van der Waals surface area contributed by atoms with E-state index in [0.29, 0.717) is 6.54 Å². The van der Waals surface area contributed by atoms with Crippen LogP contribution in [0.25, 0.3) is 0 Å². The van der Waals surface area contributed by atoms with E-state index in [2.05, 4.69) is 6.58 Å². The van der Waals surface area contributed by atoms with E-state index in [4.69, 9.17) is 0 Å². The molecule has 1 aliphatic heterocycles. The van der Waals surface area contributed by atoms with Crippen LogP contribution in [0.1, 0.15) is 36.7 Å². The lowest BCUT2D eigenvalue weighted by molar-refractivity contribution is -0.0443. The van der Waals surface area contributed by atoms with Gasteiger partial charge in [-0.2, -0.15) is 0 Å². The van der Waals surface area contributed by atoms with E-state index in [1.54, 1.807) is 17.9 Å². The van der Waals surface area contributed by atoms with Crippen molar-refractivity contribution in [2.45, 2.75) is 39.0 Å². The Balaban J connectivity index is 2.26. The number of hydrogen-bond acceptors (Lipinski definition) is 2. The Morgan fingerprint density at radius 3 is 2.63 bits per heavy atom. The number of rotatable bonds is 4. The molecule has 0 aliphatic carbocycles. The van der Waals surface area contributed by atoms with Gasteiger partial charge in [0.2, 0.25) is 0 Å². The molecule has 0 radical (unpaired) electrons. The van der Waals surface area contributed by atoms with Crippen LogP contribution in [-0.2, 0) is 6.54 Å². The molecule has 3 atom stereocenters. The van der Waals surface area contributed by atoms with Crippen molar-refractivity contribution in [3.05, 3.63) is 48.0 Å². The summed E-state index contributed by atoms with van der Waals surface area (Å²) in [4.78, 5) is 14.1. The van der Waals surface area contributed by atoms with Crippen LogP contribution in [0.5, 0.6) is 0 Å². The van der Waals surface area contributed by atoms with Crippen LogP contribution in [-0.4, -0.2) is 27.6 Å². The third-order valence-corrected chi connectivity index (χ3v) is 4.44. The average Bonchev–Trinajstić information content (AvgIpc) is 2.74. The molecule has 0 bridgehead atoms. The second-order valence-corrected chi connectivity index (χ2v) is 5.52. The fourth-order valence-electron chi connectivity index (χ4n) is 2.52. The van der Waals surface area contributed by atoms with E-state index >= 15 is 0 Å². The lowest BCUT2D eigenvalue weighted by Gasteiger charge is -2.39. The van der Waals surface area contributed by atoms with Crippen LogP contribution < -0.4 is 0 Å². The first-order chi connectivity index (χ1) is 8.89. The van der Waals surface area contributed by atoms with Gasteiger partial charge in [0.05, 0.1) is 11.6 Å². The van der Waals surface area contributed by atoms with Gasteiger partial charge in [0, 0.05) is 18.0 Å². The molecule has 0 spiro atoms. The van der Waals surface area contributed by atoms with Gasteiger partial charge in [-0.3, -0.25) is 4.79 Å². The molecule has 1 aromatic rings. The van der Waals surface area contributed by atoms with E-state index in [1.165, 1.54) is 0 Å². The molecule has 3 nitrogen and oxygen atoms in total. The minimum absolute atomic E-state index is 0.000336. The van der Waals surface area contributed by atoms with Gasteiger partial charge >= 0.3 is 0 Å². The Labute approximate surface area is 114 Å². The second kappa shape index (κ2) is 4.82. The summed E-state index contributed by atoms with van der Waals surface area (Å²) in [6, 6.07) is 7.35. The van der Waals surface area contributed by atoms with Crippen LogP contribution in [0.2, 0.25) is 0 Å². The first kappa shape index (κ1) is 13.8. The molecule has 0 saturated carbocycles. The molecule has 1 aliphatic rings. The Morgan fingerprint density at radius 1 is 1.42 bits per heavy atom. The van der Waals surface area contributed by atoms with Gasteiger partial charge in [-0.25, -0.2) is 0 Å². The number of amides is 1. The van der Waals surface area contributed by atoms with Crippen molar-refractivity contribution in [2.24, 2.45) is 5.92 Å². The van der Waals surface area contributed by atoms with Gasteiger partial charge in [-0.15, -0.1) is 6.58 Å². The van der Waals surface area contributed by atoms with Crippen LogP contribution in [0.3, 0.4) is 0 Å². The molecule has 3 heteroatoms. The van der Waals surface area contributed by atoms with E-state index in [0.717, 1.165) is 11.1 Å². The van der Waals surface area contributed by atoms with E-state index in [1.807, 2.05) is 38.1 Å². The van der Waals surface area contributed by atoms with Crippen LogP contribution >= 0.6 is 0 Å². The third-order valence-electron chi connectivity index (χ3n) is 4.44. The topological polar surface area (TPSA) is 40.5 Å². The van der Waals surface area contributed by atoms with Crippen molar-refractivity contribution in [3.63, 3.8) is 0 Å². The molecule has 0 fully saturated rings. The van der Waals surface area contributed by atoms with Crippen molar-refractivity contribution in [1.82, 2.24) is 4.90 Å². The number of fused-ring (bicyclic) bond motifs is 1. The molecule has 1 aromatic carbocycles. The maximum Gasteiger partial charge on any atom is 0.254 e. The zero-order chi connectivity index (χ0) is 14.2. The van der Waals surface area contributed by atoms with Crippen molar-refractivity contribution >= 4 is 5.91 Å². The van der Waals surface area contributed by atoms with Crippen molar-refractivity contribution in [2.75, 3.05) is 0 Å². The predicted octanol–water partition coefficient (Wildman–Crippen LogP) is 2.60. The lowest BCUT2D eigenvalue weighted by Crippen LogP contribution is -2.52. The molecule has 1 N–H and O–H groups in total. The molecular weight excluding hydrogens is 238 g/mol. The minimum atomic E-state index is -0.987. The Kier molecular flexibility index (Phi) is 3.50. The first-order valence-electron chi connectivity index (χ1n) is 6.63. The number of hydrogen-bond donors (Lipinski definition) is 1. The molecule has 0 aromatic heterocycles. The number of carbonyl (C=O) groups excluding carboxylic acids is 1. The van der Waals surface area contributed by atoms with Gasteiger partial charge < -0.3 is 10.0 Å². The highest BCUT2D eigenvalue weighted by Crippen LogP contribution is 2.31. The Bertz CT molecular complexity index is 507. The average molecular weight is 259 g/mol. The highest BCUT2D eigenvalue weighted by Gasteiger charge is 2.41. The fourth-order valence-corrected chi connectivity index (χ4v) is 2.52. The number of carbonyl (C=O) groups is 1. The van der Waals surface area contributed by atoms with Crippen LogP contribution in [0.15, 0.2) is 36.9 Å². The summed E-state index contributed by atoms with van der Waals surface area (Å²) in [6.07, 6.45) is 1.73. The largest absolute Gasteiger partial charge is 0.387 e. The molecule has 19 heavy (non-hydrogen) atoms. The summed E-state index contributed by atoms with van der Waals surface area (Å²) < 4.78 is 0. The first-order valence-corrected chi connectivity index (χ1v) is 6.63. The van der Waals surface area contributed by atoms with Gasteiger partial charge in [0.1, 0.15) is 0 Å². The maximum absolute atomic E-state index is 12.4. The summed E-state index contributed by atoms with van der Waals surface area (Å²) in [7, 11) is 0. The fraction of sp³-hybridized carbons (Fsp3) is 0.438. The number of nitrogens with zero attached hydrogens (tertiary/aromatic N) is 1.